The number of benzene rings is 1. The zero-order valence-corrected chi connectivity index (χ0v) is 11.8. The molecule has 2 atom stereocenters. The summed E-state index contributed by atoms with van der Waals surface area (Å²) in [6, 6.07) is 11.0. The van der Waals surface area contributed by atoms with Gasteiger partial charge in [-0.25, -0.2) is 0 Å². The first-order chi connectivity index (χ1) is 8.22. The van der Waals surface area contributed by atoms with Gasteiger partial charge in [-0.1, -0.05) is 38.8 Å². The Morgan fingerprint density at radius 2 is 1.94 bits per heavy atom. The minimum absolute atomic E-state index is 0.385. The fraction of sp³-hybridized carbons (Fsp3) is 0.533. The molecular formula is C15H21NS. The second kappa shape index (κ2) is 7.40. The van der Waals surface area contributed by atoms with Crippen molar-refractivity contribution in [1.82, 2.24) is 0 Å². The molecule has 0 radical (unpaired) electrons. The monoisotopic (exact) mass is 247 g/mol. The van der Waals surface area contributed by atoms with Crippen LogP contribution < -0.4 is 0 Å². The number of nitriles is 1. The maximum absolute atomic E-state index is 8.96. The zero-order valence-electron chi connectivity index (χ0n) is 10.9. The molecule has 2 heteroatoms. The largest absolute Gasteiger partial charge is 0.198 e. The molecule has 1 aromatic carbocycles. The third kappa shape index (κ3) is 4.09. The lowest BCUT2D eigenvalue weighted by molar-refractivity contribution is 0.428. The average molecular weight is 247 g/mol. The Balaban J connectivity index is 2.85. The molecule has 0 saturated carbocycles. The first kappa shape index (κ1) is 14.1. The molecule has 0 saturated heterocycles. The van der Waals surface area contributed by atoms with Gasteiger partial charge in [-0.2, -0.15) is 5.26 Å². The predicted molar refractivity (Wildman–Crippen MR) is 75.3 cm³/mol. The van der Waals surface area contributed by atoms with Gasteiger partial charge in [-0.05, 0) is 35.8 Å². The van der Waals surface area contributed by atoms with Crippen LogP contribution in [0.5, 0.6) is 0 Å². The van der Waals surface area contributed by atoms with Crippen molar-refractivity contribution in [3.63, 3.8) is 0 Å². The third-order valence-corrected chi connectivity index (χ3v) is 4.03. The molecule has 1 aromatic rings. The maximum atomic E-state index is 8.96. The van der Waals surface area contributed by atoms with Gasteiger partial charge in [0.2, 0.25) is 0 Å². The molecule has 0 bridgehead atoms. The van der Waals surface area contributed by atoms with Crippen molar-refractivity contribution in [2.75, 3.05) is 6.26 Å². The van der Waals surface area contributed by atoms with E-state index in [1.807, 2.05) is 0 Å². The van der Waals surface area contributed by atoms with Crippen molar-refractivity contribution in [3.8, 4) is 6.07 Å². The van der Waals surface area contributed by atoms with E-state index < -0.39 is 0 Å². The third-order valence-electron chi connectivity index (χ3n) is 3.29. The van der Waals surface area contributed by atoms with Gasteiger partial charge in [-0.3, -0.25) is 0 Å². The van der Waals surface area contributed by atoms with Crippen LogP contribution in [0.25, 0.3) is 0 Å². The fourth-order valence-corrected chi connectivity index (χ4v) is 2.66. The zero-order chi connectivity index (χ0) is 12.7. The minimum Gasteiger partial charge on any atom is -0.198 e. The van der Waals surface area contributed by atoms with Crippen LogP contribution in [0.3, 0.4) is 0 Å². The number of rotatable bonds is 6. The molecule has 0 aliphatic carbocycles. The number of hydrogen-bond acceptors (Lipinski definition) is 2. The van der Waals surface area contributed by atoms with Gasteiger partial charge in [0.25, 0.3) is 0 Å². The van der Waals surface area contributed by atoms with Gasteiger partial charge in [0.05, 0.1) is 6.07 Å². The lowest BCUT2D eigenvalue weighted by Gasteiger charge is -2.21. The summed E-state index contributed by atoms with van der Waals surface area (Å²) >= 11 is 1.76. The summed E-state index contributed by atoms with van der Waals surface area (Å²) in [4.78, 5) is 1.28. The molecule has 1 nitrogen and oxygen atoms in total. The van der Waals surface area contributed by atoms with Gasteiger partial charge in [-0.15, -0.1) is 11.8 Å². The van der Waals surface area contributed by atoms with Gasteiger partial charge in [0.1, 0.15) is 0 Å². The normalized spacial score (nSPS) is 14.0. The van der Waals surface area contributed by atoms with Crippen LogP contribution in [0.4, 0.5) is 0 Å². The van der Waals surface area contributed by atoms with E-state index in [9.17, 15) is 0 Å². The molecule has 2 unspecified atom stereocenters. The van der Waals surface area contributed by atoms with E-state index >= 15 is 0 Å². The standard InChI is InChI=1S/C15H21NS/c1-4-5-12(2)15(10-11-16)13-6-8-14(17-3)9-7-13/h6-9,12,15H,4-5,10H2,1-3H3. The first-order valence-corrected chi connectivity index (χ1v) is 7.46. The van der Waals surface area contributed by atoms with Crippen LogP contribution in [-0.2, 0) is 0 Å². The Morgan fingerprint density at radius 3 is 2.41 bits per heavy atom. The van der Waals surface area contributed by atoms with Crippen molar-refractivity contribution in [2.45, 2.75) is 43.9 Å². The molecule has 0 aromatic heterocycles. The summed E-state index contributed by atoms with van der Waals surface area (Å²) in [6.45, 7) is 4.46. The minimum atomic E-state index is 0.385. The number of hydrogen-bond donors (Lipinski definition) is 0. The van der Waals surface area contributed by atoms with E-state index in [2.05, 4.69) is 50.4 Å². The van der Waals surface area contributed by atoms with Crippen LogP contribution in [0.15, 0.2) is 29.2 Å². The van der Waals surface area contributed by atoms with Crippen LogP contribution >= 0.6 is 11.8 Å². The van der Waals surface area contributed by atoms with E-state index in [0.29, 0.717) is 18.3 Å². The van der Waals surface area contributed by atoms with Crippen molar-refractivity contribution in [1.29, 1.82) is 5.26 Å². The smallest absolute Gasteiger partial charge is 0.0628 e. The maximum Gasteiger partial charge on any atom is 0.0628 e. The molecule has 0 aliphatic heterocycles. The average Bonchev–Trinajstić information content (AvgIpc) is 2.36. The Morgan fingerprint density at radius 1 is 1.29 bits per heavy atom. The van der Waals surface area contributed by atoms with Gasteiger partial charge in [0.15, 0.2) is 0 Å². The highest BCUT2D eigenvalue weighted by molar-refractivity contribution is 7.98. The number of thioether (sulfide) groups is 1. The van der Waals surface area contributed by atoms with Gasteiger partial charge < -0.3 is 0 Å². The molecular weight excluding hydrogens is 226 g/mol. The fourth-order valence-electron chi connectivity index (χ4n) is 2.25. The highest BCUT2D eigenvalue weighted by Gasteiger charge is 2.18. The van der Waals surface area contributed by atoms with E-state index in [1.54, 1.807) is 11.8 Å². The summed E-state index contributed by atoms with van der Waals surface area (Å²) in [7, 11) is 0. The van der Waals surface area contributed by atoms with E-state index in [-0.39, 0.29) is 0 Å². The van der Waals surface area contributed by atoms with Crippen molar-refractivity contribution < 1.29 is 0 Å². The summed E-state index contributed by atoms with van der Waals surface area (Å²) in [6.07, 6.45) is 5.09. The predicted octanol–water partition coefficient (Wildman–Crippen LogP) is 4.84. The van der Waals surface area contributed by atoms with Crippen LogP contribution in [-0.4, -0.2) is 6.26 Å². The first-order valence-electron chi connectivity index (χ1n) is 6.23. The van der Waals surface area contributed by atoms with E-state index in [4.69, 9.17) is 5.26 Å². The van der Waals surface area contributed by atoms with Crippen LogP contribution in [0.2, 0.25) is 0 Å². The summed E-state index contributed by atoms with van der Waals surface area (Å²) in [5, 5.41) is 8.96. The van der Waals surface area contributed by atoms with Gasteiger partial charge >= 0.3 is 0 Å². The quantitative estimate of drug-likeness (QED) is 0.671. The molecule has 1 rings (SSSR count). The Labute approximate surface area is 109 Å². The second-order valence-electron chi connectivity index (χ2n) is 4.51. The summed E-state index contributed by atoms with van der Waals surface area (Å²) in [5.74, 6) is 0.968. The molecule has 17 heavy (non-hydrogen) atoms. The van der Waals surface area contributed by atoms with Crippen molar-refractivity contribution in [2.24, 2.45) is 5.92 Å². The Bertz CT molecular complexity index is 364. The topological polar surface area (TPSA) is 23.8 Å². The number of nitrogens with zero attached hydrogens (tertiary/aromatic N) is 1. The highest BCUT2D eigenvalue weighted by Crippen LogP contribution is 2.31. The Kier molecular flexibility index (Phi) is 6.15. The molecule has 0 spiro atoms. The van der Waals surface area contributed by atoms with E-state index in [0.717, 1.165) is 0 Å². The second-order valence-corrected chi connectivity index (χ2v) is 5.39. The Hall–Kier alpha value is -0.940. The molecule has 0 N–H and O–H groups in total. The van der Waals surface area contributed by atoms with E-state index in [1.165, 1.54) is 23.3 Å². The molecule has 0 fully saturated rings. The SMILES string of the molecule is CCCC(C)C(CC#N)c1ccc(SC)cc1. The summed E-state index contributed by atoms with van der Waals surface area (Å²) < 4.78 is 0. The molecule has 0 amide bonds. The highest BCUT2D eigenvalue weighted by atomic mass is 32.2. The van der Waals surface area contributed by atoms with Crippen LogP contribution in [0.1, 0.15) is 44.6 Å². The van der Waals surface area contributed by atoms with Gasteiger partial charge in [0, 0.05) is 11.3 Å². The van der Waals surface area contributed by atoms with Crippen molar-refractivity contribution in [3.05, 3.63) is 29.8 Å². The molecule has 0 aliphatic rings. The molecule has 92 valence electrons. The van der Waals surface area contributed by atoms with Crippen molar-refractivity contribution >= 4 is 11.8 Å². The summed E-state index contributed by atoms with van der Waals surface area (Å²) in [5.41, 5.74) is 1.31. The lowest BCUT2D eigenvalue weighted by Crippen LogP contribution is -2.09. The molecule has 0 heterocycles. The van der Waals surface area contributed by atoms with Crippen LogP contribution in [0, 0.1) is 17.2 Å². The lowest BCUT2D eigenvalue weighted by atomic mass is 9.83.